The number of hydrogen-bond donors (Lipinski definition) is 1. The number of benzene rings is 3. The van der Waals surface area contributed by atoms with Gasteiger partial charge in [-0.15, -0.1) is 10.2 Å². The third kappa shape index (κ3) is 3.35. The third-order valence-electron chi connectivity index (χ3n) is 4.38. The quantitative estimate of drug-likeness (QED) is 0.579. The molecule has 0 aliphatic carbocycles. The molecule has 0 bridgehead atoms. The van der Waals surface area contributed by atoms with Crippen molar-refractivity contribution in [3.05, 3.63) is 90.5 Å². The molecule has 4 nitrogen and oxygen atoms in total. The van der Waals surface area contributed by atoms with Crippen LogP contribution in [-0.2, 0) is 13.0 Å². The Kier molecular flexibility index (Phi) is 4.48. The predicted octanol–water partition coefficient (Wildman–Crippen LogP) is 4.56. The highest BCUT2D eigenvalue weighted by Gasteiger charge is 2.15. The van der Waals surface area contributed by atoms with Gasteiger partial charge in [-0.2, -0.15) is 0 Å². The fraction of sp³-hybridized carbons (Fsp3) is 0.0909. The van der Waals surface area contributed by atoms with Crippen LogP contribution in [0.1, 0.15) is 5.56 Å². The van der Waals surface area contributed by atoms with Crippen molar-refractivity contribution < 1.29 is 5.11 Å². The first-order valence-corrected chi connectivity index (χ1v) is 8.63. The summed E-state index contributed by atoms with van der Waals surface area (Å²) in [5, 5.41) is 18.4. The maximum atomic E-state index is 9.57. The van der Waals surface area contributed by atoms with Gasteiger partial charge >= 0.3 is 0 Å². The van der Waals surface area contributed by atoms with Crippen LogP contribution in [0.5, 0.6) is 5.75 Å². The minimum Gasteiger partial charge on any atom is -0.508 e. The van der Waals surface area contributed by atoms with E-state index in [-0.39, 0.29) is 5.75 Å². The van der Waals surface area contributed by atoms with Crippen molar-refractivity contribution in [3.8, 4) is 28.5 Å². The fourth-order valence-corrected chi connectivity index (χ4v) is 3.03. The van der Waals surface area contributed by atoms with Gasteiger partial charge in [-0.3, -0.25) is 0 Å². The van der Waals surface area contributed by atoms with E-state index in [1.165, 1.54) is 5.56 Å². The van der Waals surface area contributed by atoms with Crippen molar-refractivity contribution in [3.63, 3.8) is 0 Å². The van der Waals surface area contributed by atoms with Gasteiger partial charge in [-0.1, -0.05) is 60.7 Å². The summed E-state index contributed by atoms with van der Waals surface area (Å²) in [5.41, 5.74) is 3.25. The van der Waals surface area contributed by atoms with Gasteiger partial charge in [0.1, 0.15) is 5.75 Å². The molecule has 0 saturated heterocycles. The normalized spacial score (nSPS) is 10.8. The van der Waals surface area contributed by atoms with Gasteiger partial charge in [0.05, 0.1) is 0 Å². The average Bonchev–Trinajstić information content (AvgIpc) is 3.12. The number of aryl methyl sites for hydroxylation is 1. The van der Waals surface area contributed by atoms with E-state index >= 15 is 0 Å². The largest absolute Gasteiger partial charge is 0.508 e. The van der Waals surface area contributed by atoms with Crippen LogP contribution < -0.4 is 0 Å². The van der Waals surface area contributed by atoms with Crippen molar-refractivity contribution in [2.45, 2.75) is 13.0 Å². The fourth-order valence-electron chi connectivity index (χ4n) is 3.03. The zero-order valence-electron chi connectivity index (χ0n) is 14.3. The van der Waals surface area contributed by atoms with E-state index in [4.69, 9.17) is 0 Å². The van der Waals surface area contributed by atoms with Crippen LogP contribution in [-0.4, -0.2) is 19.9 Å². The summed E-state index contributed by atoms with van der Waals surface area (Å²) in [5.74, 6) is 1.90. The number of rotatable bonds is 5. The van der Waals surface area contributed by atoms with Crippen molar-refractivity contribution in [2.75, 3.05) is 0 Å². The standard InChI is InChI=1S/C22H19N3O/c26-20-13-11-19(12-14-20)22-24-23-21(18-9-5-2-6-10-18)25(22)16-15-17-7-3-1-4-8-17/h1-14,26H,15-16H2. The van der Waals surface area contributed by atoms with E-state index in [2.05, 4.69) is 39.0 Å². The van der Waals surface area contributed by atoms with Crippen LogP contribution >= 0.6 is 0 Å². The van der Waals surface area contributed by atoms with E-state index < -0.39 is 0 Å². The Labute approximate surface area is 152 Å². The molecule has 1 heterocycles. The first-order chi connectivity index (χ1) is 12.8. The Morgan fingerprint density at radius 2 is 1.19 bits per heavy atom. The van der Waals surface area contributed by atoms with Gasteiger partial charge in [-0.05, 0) is 36.2 Å². The molecule has 1 N–H and O–H groups in total. The lowest BCUT2D eigenvalue weighted by Gasteiger charge is -2.11. The van der Waals surface area contributed by atoms with Gasteiger partial charge in [0.15, 0.2) is 11.6 Å². The monoisotopic (exact) mass is 341 g/mol. The highest BCUT2D eigenvalue weighted by molar-refractivity contribution is 5.63. The Morgan fingerprint density at radius 3 is 1.81 bits per heavy atom. The van der Waals surface area contributed by atoms with E-state index in [1.54, 1.807) is 12.1 Å². The van der Waals surface area contributed by atoms with Gasteiger partial charge < -0.3 is 9.67 Å². The summed E-state index contributed by atoms with van der Waals surface area (Å²) in [6.45, 7) is 0.775. The Morgan fingerprint density at radius 1 is 0.654 bits per heavy atom. The first kappa shape index (κ1) is 16.1. The SMILES string of the molecule is Oc1ccc(-c2nnc(-c3ccccc3)n2CCc2ccccc2)cc1. The Bertz CT molecular complexity index is 977. The second-order valence-corrected chi connectivity index (χ2v) is 6.15. The molecule has 128 valence electrons. The summed E-state index contributed by atoms with van der Waals surface area (Å²) < 4.78 is 2.15. The van der Waals surface area contributed by atoms with Gasteiger partial charge in [0, 0.05) is 17.7 Å². The number of aromatic hydroxyl groups is 1. The lowest BCUT2D eigenvalue weighted by molar-refractivity contribution is 0.475. The molecule has 3 aromatic carbocycles. The van der Waals surface area contributed by atoms with Crippen molar-refractivity contribution in [2.24, 2.45) is 0 Å². The van der Waals surface area contributed by atoms with Crippen LogP contribution in [0.4, 0.5) is 0 Å². The van der Waals surface area contributed by atoms with Crippen LogP contribution in [0, 0.1) is 0 Å². The predicted molar refractivity (Wildman–Crippen MR) is 103 cm³/mol. The molecule has 1 aromatic heterocycles. The number of aromatic nitrogens is 3. The molecule has 0 unspecified atom stereocenters. The molecule has 0 atom stereocenters. The number of hydrogen-bond acceptors (Lipinski definition) is 3. The van der Waals surface area contributed by atoms with Crippen molar-refractivity contribution in [1.29, 1.82) is 0 Å². The third-order valence-corrected chi connectivity index (χ3v) is 4.38. The van der Waals surface area contributed by atoms with Crippen LogP contribution in [0.2, 0.25) is 0 Å². The molecule has 0 spiro atoms. The molecular formula is C22H19N3O. The highest BCUT2D eigenvalue weighted by Crippen LogP contribution is 2.26. The maximum absolute atomic E-state index is 9.57. The molecule has 0 aliphatic rings. The lowest BCUT2D eigenvalue weighted by Crippen LogP contribution is -2.06. The molecule has 26 heavy (non-hydrogen) atoms. The molecular weight excluding hydrogens is 322 g/mol. The lowest BCUT2D eigenvalue weighted by atomic mass is 10.1. The van der Waals surface area contributed by atoms with Crippen LogP contribution in [0.25, 0.3) is 22.8 Å². The van der Waals surface area contributed by atoms with Crippen molar-refractivity contribution in [1.82, 2.24) is 14.8 Å². The topological polar surface area (TPSA) is 50.9 Å². The molecule has 0 saturated carbocycles. The smallest absolute Gasteiger partial charge is 0.164 e. The van der Waals surface area contributed by atoms with Crippen LogP contribution in [0.15, 0.2) is 84.9 Å². The summed E-state index contributed by atoms with van der Waals surface area (Å²) in [6.07, 6.45) is 0.893. The number of phenolic OH excluding ortho intramolecular Hbond substituents is 1. The minimum atomic E-state index is 0.243. The summed E-state index contributed by atoms with van der Waals surface area (Å²) in [6, 6.07) is 27.6. The minimum absolute atomic E-state index is 0.243. The van der Waals surface area contributed by atoms with Gasteiger partial charge in [0.2, 0.25) is 0 Å². The van der Waals surface area contributed by atoms with E-state index in [1.807, 2.05) is 48.5 Å². The summed E-state index contributed by atoms with van der Waals surface area (Å²) >= 11 is 0. The van der Waals surface area contributed by atoms with Gasteiger partial charge in [-0.25, -0.2) is 0 Å². The number of nitrogens with zero attached hydrogens (tertiary/aromatic N) is 3. The van der Waals surface area contributed by atoms with Gasteiger partial charge in [0.25, 0.3) is 0 Å². The average molecular weight is 341 g/mol. The zero-order valence-corrected chi connectivity index (χ0v) is 14.3. The molecule has 0 fully saturated rings. The second kappa shape index (κ2) is 7.23. The van der Waals surface area contributed by atoms with E-state index in [0.29, 0.717) is 0 Å². The summed E-state index contributed by atoms with van der Waals surface area (Å²) in [4.78, 5) is 0. The molecule has 4 aromatic rings. The zero-order chi connectivity index (χ0) is 17.8. The second-order valence-electron chi connectivity index (χ2n) is 6.15. The molecule has 4 rings (SSSR count). The molecule has 0 aliphatic heterocycles. The Hall–Kier alpha value is -3.40. The van der Waals surface area contributed by atoms with E-state index in [9.17, 15) is 5.11 Å². The van der Waals surface area contributed by atoms with Crippen LogP contribution in [0.3, 0.4) is 0 Å². The Balaban J connectivity index is 1.74. The maximum Gasteiger partial charge on any atom is 0.164 e. The van der Waals surface area contributed by atoms with Crippen molar-refractivity contribution >= 4 is 0 Å². The van der Waals surface area contributed by atoms with E-state index in [0.717, 1.165) is 35.7 Å². The molecule has 4 heteroatoms. The highest BCUT2D eigenvalue weighted by atomic mass is 16.3. The number of phenols is 1. The first-order valence-electron chi connectivity index (χ1n) is 8.63. The molecule has 0 amide bonds. The molecule has 0 radical (unpaired) electrons. The summed E-state index contributed by atoms with van der Waals surface area (Å²) in [7, 11) is 0.